The minimum Gasteiger partial charge on any atom is -0.312 e. The van der Waals surface area contributed by atoms with Crippen LogP contribution in [0, 0.1) is 31.6 Å². The molecule has 0 bridgehead atoms. The van der Waals surface area contributed by atoms with Gasteiger partial charge in [0.05, 0.1) is 0 Å². The van der Waals surface area contributed by atoms with Crippen molar-refractivity contribution in [3.63, 3.8) is 0 Å². The molecule has 2 aliphatic rings. The number of benzene rings is 1. The number of hydrogen-bond acceptors (Lipinski definition) is 1. The van der Waals surface area contributed by atoms with Crippen molar-refractivity contribution in [1.29, 1.82) is 0 Å². The summed E-state index contributed by atoms with van der Waals surface area (Å²) < 4.78 is 0. The topological polar surface area (TPSA) is 12.0 Å². The third-order valence-corrected chi connectivity index (χ3v) is 4.66. The Balaban J connectivity index is 1.52. The summed E-state index contributed by atoms with van der Waals surface area (Å²) >= 11 is 0. The first-order valence-corrected chi connectivity index (χ1v) is 7.51. The monoisotopic (exact) mass is 243 g/mol. The zero-order valence-corrected chi connectivity index (χ0v) is 11.7. The van der Waals surface area contributed by atoms with Crippen molar-refractivity contribution in [1.82, 2.24) is 5.32 Å². The van der Waals surface area contributed by atoms with Crippen LogP contribution in [0.1, 0.15) is 42.4 Å². The lowest BCUT2D eigenvalue weighted by Crippen LogP contribution is -2.25. The van der Waals surface area contributed by atoms with Gasteiger partial charge in [-0.05, 0) is 75.0 Å². The van der Waals surface area contributed by atoms with Crippen LogP contribution in [0.4, 0.5) is 0 Å². The van der Waals surface area contributed by atoms with Crippen LogP contribution in [0.15, 0.2) is 18.2 Å². The highest BCUT2D eigenvalue weighted by Crippen LogP contribution is 2.48. The first-order chi connectivity index (χ1) is 8.74. The summed E-state index contributed by atoms with van der Waals surface area (Å²) in [6, 6.07) is 6.77. The zero-order valence-electron chi connectivity index (χ0n) is 11.7. The summed E-state index contributed by atoms with van der Waals surface area (Å²) in [5.74, 6) is 3.10. The smallest absolute Gasteiger partial charge is 0.0208 e. The molecule has 3 rings (SSSR count). The molecule has 0 aliphatic heterocycles. The number of hydrogen-bond donors (Lipinski definition) is 1. The van der Waals surface area contributed by atoms with Crippen LogP contribution < -0.4 is 5.32 Å². The second kappa shape index (κ2) is 5.05. The van der Waals surface area contributed by atoms with Crippen molar-refractivity contribution < 1.29 is 0 Å². The first-order valence-electron chi connectivity index (χ1n) is 7.51. The van der Waals surface area contributed by atoms with E-state index < -0.39 is 0 Å². The van der Waals surface area contributed by atoms with E-state index in [1.54, 1.807) is 0 Å². The van der Waals surface area contributed by atoms with Gasteiger partial charge >= 0.3 is 0 Å². The molecule has 18 heavy (non-hydrogen) atoms. The Morgan fingerprint density at radius 2 is 1.78 bits per heavy atom. The fourth-order valence-corrected chi connectivity index (χ4v) is 3.13. The van der Waals surface area contributed by atoms with Gasteiger partial charge in [-0.3, -0.25) is 0 Å². The van der Waals surface area contributed by atoms with Crippen LogP contribution in [-0.2, 0) is 6.54 Å². The van der Waals surface area contributed by atoms with Gasteiger partial charge in [-0.15, -0.1) is 0 Å². The van der Waals surface area contributed by atoms with Crippen LogP contribution in [-0.4, -0.2) is 6.54 Å². The summed E-state index contributed by atoms with van der Waals surface area (Å²) in [4.78, 5) is 0. The van der Waals surface area contributed by atoms with Gasteiger partial charge in [-0.25, -0.2) is 0 Å². The fraction of sp³-hybridized carbons (Fsp3) is 0.647. The highest BCUT2D eigenvalue weighted by molar-refractivity contribution is 5.30. The summed E-state index contributed by atoms with van der Waals surface area (Å²) in [6.45, 7) is 6.68. The second-order valence-electron chi connectivity index (χ2n) is 6.40. The highest BCUT2D eigenvalue weighted by atomic mass is 14.9. The van der Waals surface area contributed by atoms with E-state index in [-0.39, 0.29) is 0 Å². The van der Waals surface area contributed by atoms with E-state index in [0.717, 1.165) is 24.3 Å². The Bertz CT molecular complexity index is 404. The molecule has 98 valence electrons. The quantitative estimate of drug-likeness (QED) is 0.800. The lowest BCUT2D eigenvalue weighted by atomic mass is 9.97. The number of aryl methyl sites for hydroxylation is 2. The zero-order chi connectivity index (χ0) is 12.5. The van der Waals surface area contributed by atoms with Crippen molar-refractivity contribution in [3.8, 4) is 0 Å². The second-order valence-corrected chi connectivity index (χ2v) is 6.40. The Labute approximate surface area is 111 Å². The molecule has 2 aliphatic carbocycles. The van der Waals surface area contributed by atoms with Gasteiger partial charge in [0.2, 0.25) is 0 Å². The summed E-state index contributed by atoms with van der Waals surface area (Å²) in [7, 11) is 0. The predicted molar refractivity (Wildman–Crippen MR) is 76.6 cm³/mol. The standard InChI is InChI=1S/C17H25N/c1-12-3-4-13(2)16(9-12)10-18-11-17(14-5-6-14)15-7-8-15/h3-4,9,14-15,17-18H,5-8,10-11H2,1-2H3. The molecule has 1 aromatic carbocycles. The van der Waals surface area contributed by atoms with Gasteiger partial charge in [-0.1, -0.05) is 23.8 Å². The minimum absolute atomic E-state index is 0.982. The van der Waals surface area contributed by atoms with Crippen LogP contribution >= 0.6 is 0 Å². The molecule has 1 aromatic rings. The summed E-state index contributed by atoms with van der Waals surface area (Å²) in [6.07, 6.45) is 5.97. The van der Waals surface area contributed by atoms with E-state index in [9.17, 15) is 0 Å². The van der Waals surface area contributed by atoms with Crippen molar-refractivity contribution >= 4 is 0 Å². The normalized spacial score (nSPS) is 19.5. The Hall–Kier alpha value is -0.820. The molecular formula is C17H25N. The molecule has 0 amide bonds. The first kappa shape index (κ1) is 12.2. The maximum absolute atomic E-state index is 3.71. The molecule has 0 aromatic heterocycles. The van der Waals surface area contributed by atoms with E-state index in [0.29, 0.717) is 0 Å². The average molecular weight is 243 g/mol. The summed E-state index contributed by atoms with van der Waals surface area (Å²) in [5, 5.41) is 3.71. The molecular weight excluding hydrogens is 218 g/mol. The molecule has 0 saturated heterocycles. The van der Waals surface area contributed by atoms with E-state index >= 15 is 0 Å². The maximum atomic E-state index is 3.71. The Morgan fingerprint density at radius 1 is 1.11 bits per heavy atom. The number of nitrogens with one attached hydrogen (secondary N) is 1. The SMILES string of the molecule is Cc1ccc(C)c(CNCC(C2CC2)C2CC2)c1. The van der Waals surface area contributed by atoms with E-state index in [1.165, 1.54) is 48.9 Å². The van der Waals surface area contributed by atoms with Crippen LogP contribution in [0.3, 0.4) is 0 Å². The third-order valence-electron chi connectivity index (χ3n) is 4.66. The molecule has 2 saturated carbocycles. The maximum Gasteiger partial charge on any atom is 0.0208 e. The van der Waals surface area contributed by atoms with Gasteiger partial charge < -0.3 is 5.32 Å². The molecule has 1 nitrogen and oxygen atoms in total. The van der Waals surface area contributed by atoms with E-state index in [2.05, 4.69) is 37.4 Å². The average Bonchev–Trinajstić information content (AvgIpc) is 3.22. The van der Waals surface area contributed by atoms with Gasteiger partial charge in [0, 0.05) is 6.54 Å². The van der Waals surface area contributed by atoms with Crippen molar-refractivity contribution in [2.75, 3.05) is 6.54 Å². The van der Waals surface area contributed by atoms with E-state index in [4.69, 9.17) is 0 Å². The van der Waals surface area contributed by atoms with Crippen LogP contribution in [0.25, 0.3) is 0 Å². The highest BCUT2D eigenvalue weighted by Gasteiger charge is 2.40. The van der Waals surface area contributed by atoms with Gasteiger partial charge in [0.1, 0.15) is 0 Å². The number of rotatable bonds is 6. The van der Waals surface area contributed by atoms with Crippen LogP contribution in [0.2, 0.25) is 0 Å². The lowest BCUT2D eigenvalue weighted by molar-refractivity contribution is 0.378. The molecule has 0 heterocycles. The Morgan fingerprint density at radius 3 is 2.39 bits per heavy atom. The largest absolute Gasteiger partial charge is 0.312 e. The molecule has 1 heteroatoms. The van der Waals surface area contributed by atoms with E-state index in [1.807, 2.05) is 0 Å². The summed E-state index contributed by atoms with van der Waals surface area (Å²) in [5.41, 5.74) is 4.26. The fourth-order valence-electron chi connectivity index (χ4n) is 3.13. The van der Waals surface area contributed by atoms with Crippen LogP contribution in [0.5, 0.6) is 0 Å². The molecule has 0 spiro atoms. The van der Waals surface area contributed by atoms with Crippen molar-refractivity contribution in [2.24, 2.45) is 17.8 Å². The minimum atomic E-state index is 0.982. The molecule has 0 radical (unpaired) electrons. The van der Waals surface area contributed by atoms with Gasteiger partial charge in [0.15, 0.2) is 0 Å². The third kappa shape index (κ3) is 2.95. The van der Waals surface area contributed by atoms with Gasteiger partial charge in [0.25, 0.3) is 0 Å². The lowest BCUT2D eigenvalue weighted by Gasteiger charge is -2.17. The Kier molecular flexibility index (Phi) is 3.43. The molecule has 2 fully saturated rings. The van der Waals surface area contributed by atoms with Gasteiger partial charge in [-0.2, -0.15) is 0 Å². The molecule has 0 unspecified atom stereocenters. The molecule has 0 atom stereocenters. The molecule has 1 N–H and O–H groups in total. The van der Waals surface area contributed by atoms with Crippen molar-refractivity contribution in [2.45, 2.75) is 46.1 Å². The predicted octanol–water partition coefficient (Wildman–Crippen LogP) is 3.83. The van der Waals surface area contributed by atoms with Crippen molar-refractivity contribution in [3.05, 3.63) is 34.9 Å².